The lowest BCUT2D eigenvalue weighted by molar-refractivity contribution is -0.137. The Balaban J connectivity index is 2.11. The Kier molecular flexibility index (Phi) is 5.42. The highest BCUT2D eigenvalue weighted by Gasteiger charge is 2.32. The number of H-pyrrole nitrogens is 1. The molecule has 0 aliphatic rings. The van der Waals surface area contributed by atoms with Gasteiger partial charge in [0.1, 0.15) is 10.8 Å². The number of phenolic OH excluding ortho intramolecular Hbond substituents is 1. The summed E-state index contributed by atoms with van der Waals surface area (Å²) >= 11 is 14.3. The smallest absolute Gasteiger partial charge is 0.416 e. The quantitative estimate of drug-likeness (QED) is 0.309. The Morgan fingerprint density at radius 1 is 1.08 bits per heavy atom. The van der Waals surface area contributed by atoms with Crippen LogP contribution < -0.4 is 0 Å². The summed E-state index contributed by atoms with van der Waals surface area (Å²) in [5, 5.41) is 12.3. The number of aromatic hydroxyl groups is 1. The molecule has 0 aliphatic heterocycles. The Labute approximate surface area is 177 Å². The molecule has 11 heteroatoms. The number of nitrogens with zero attached hydrogens (tertiary/aromatic N) is 1. The summed E-state index contributed by atoms with van der Waals surface area (Å²) in [5.41, 5.74) is 0.0526. The molecule has 2 heterocycles. The fourth-order valence-corrected chi connectivity index (χ4v) is 4.90. The highest BCUT2D eigenvalue weighted by molar-refractivity contribution is 9.14. The first kappa shape index (κ1) is 19.4. The third-order valence-corrected chi connectivity index (χ3v) is 7.93. The molecule has 2 N–H and O–H groups in total. The maximum absolute atomic E-state index is 13.0. The van der Waals surface area contributed by atoms with Crippen molar-refractivity contribution >= 4 is 75.1 Å². The average molecular weight is 626 g/mol. The first-order chi connectivity index (χ1) is 11.6. The van der Waals surface area contributed by atoms with Crippen molar-refractivity contribution in [2.24, 2.45) is 0 Å². The molecule has 132 valence electrons. The lowest BCUT2D eigenvalue weighted by atomic mass is 10.1. The summed E-state index contributed by atoms with van der Waals surface area (Å²) in [6, 6.07) is 1.72. The van der Waals surface area contributed by atoms with Crippen molar-refractivity contribution in [1.29, 1.82) is 0 Å². The molecule has 0 bridgehead atoms. The molecule has 3 rings (SSSR count). The van der Waals surface area contributed by atoms with E-state index < -0.39 is 11.7 Å². The minimum Gasteiger partial charge on any atom is -0.506 e. The van der Waals surface area contributed by atoms with Gasteiger partial charge >= 0.3 is 6.18 Å². The van der Waals surface area contributed by atoms with Crippen LogP contribution in [0.15, 0.2) is 35.5 Å². The number of benzene rings is 1. The Hall–Kier alpha value is -0.360. The fraction of sp³-hybridized carbons (Fsp3) is 0.0714. The molecule has 0 radical (unpaired) electrons. The molecule has 2 aromatic heterocycles. The van der Waals surface area contributed by atoms with E-state index in [1.807, 2.05) is 0 Å². The normalized spacial score (nSPS) is 12.0. The molecule has 0 fully saturated rings. The average Bonchev–Trinajstić information content (AvgIpc) is 3.10. The Bertz CT molecular complexity index is 968. The van der Waals surface area contributed by atoms with Gasteiger partial charge in [0.2, 0.25) is 0 Å². The predicted molar refractivity (Wildman–Crippen MR) is 105 cm³/mol. The van der Waals surface area contributed by atoms with Crippen molar-refractivity contribution < 1.29 is 18.3 Å². The summed E-state index contributed by atoms with van der Waals surface area (Å²) in [4.78, 5) is 7.43. The van der Waals surface area contributed by atoms with E-state index in [0.717, 1.165) is 21.1 Å². The van der Waals surface area contributed by atoms with Gasteiger partial charge in [0, 0.05) is 10.9 Å². The summed E-state index contributed by atoms with van der Waals surface area (Å²) in [5.74, 6) is -0.294. The lowest BCUT2D eigenvalue weighted by Gasteiger charge is -2.11. The summed E-state index contributed by atoms with van der Waals surface area (Å²) < 4.78 is 41.2. The van der Waals surface area contributed by atoms with Crippen LogP contribution in [0.4, 0.5) is 13.2 Å². The molecule has 0 atom stereocenters. The summed E-state index contributed by atoms with van der Waals surface area (Å²) in [6.07, 6.45) is -4.53. The Morgan fingerprint density at radius 3 is 2.32 bits per heavy atom. The van der Waals surface area contributed by atoms with E-state index in [4.69, 9.17) is 0 Å². The number of phenols is 1. The number of alkyl halides is 3. The van der Waals surface area contributed by atoms with E-state index in [1.165, 1.54) is 11.3 Å². The number of nitrogens with one attached hydrogen (secondary N) is 1. The van der Waals surface area contributed by atoms with E-state index in [9.17, 15) is 18.3 Å². The van der Waals surface area contributed by atoms with Crippen molar-refractivity contribution in [3.8, 4) is 27.7 Å². The SMILES string of the molecule is Oc1c(Br)cc(C(F)(F)F)cc1-c1csc(-c2[nH]c(Br)c(Br)c2Br)n1. The Morgan fingerprint density at radius 2 is 1.76 bits per heavy atom. The number of hydrogen-bond acceptors (Lipinski definition) is 3. The summed E-state index contributed by atoms with van der Waals surface area (Å²) in [7, 11) is 0. The number of thiazole rings is 1. The zero-order valence-electron chi connectivity index (χ0n) is 11.7. The second-order valence-electron chi connectivity index (χ2n) is 4.83. The fourth-order valence-electron chi connectivity index (χ4n) is 2.04. The topological polar surface area (TPSA) is 48.9 Å². The van der Waals surface area contributed by atoms with Crippen LogP contribution >= 0.6 is 75.1 Å². The zero-order chi connectivity index (χ0) is 18.5. The van der Waals surface area contributed by atoms with Crippen LogP contribution in [0.1, 0.15) is 5.56 Å². The minimum atomic E-state index is -4.53. The number of aromatic nitrogens is 2. The standard InChI is InChI=1S/C14H5Br4F3N2OS/c15-6-2-4(14(19,20)21)1-5(11(6)24)7-3-25-13(22-7)10-8(16)9(17)12(18)23-10/h1-3,23-24H. The van der Waals surface area contributed by atoms with Crippen LogP contribution in [-0.4, -0.2) is 15.1 Å². The summed E-state index contributed by atoms with van der Waals surface area (Å²) in [6.45, 7) is 0. The van der Waals surface area contributed by atoms with Gasteiger partial charge < -0.3 is 10.1 Å². The molecule has 0 aliphatic carbocycles. The van der Waals surface area contributed by atoms with Gasteiger partial charge in [-0.15, -0.1) is 11.3 Å². The third-order valence-electron chi connectivity index (χ3n) is 3.22. The van der Waals surface area contributed by atoms with Gasteiger partial charge in [-0.3, -0.25) is 0 Å². The van der Waals surface area contributed by atoms with E-state index in [2.05, 4.69) is 73.7 Å². The molecular weight excluding hydrogens is 621 g/mol. The molecule has 3 nitrogen and oxygen atoms in total. The van der Waals surface area contributed by atoms with E-state index in [0.29, 0.717) is 15.3 Å². The van der Waals surface area contributed by atoms with Crippen LogP contribution in [0.2, 0.25) is 0 Å². The number of halogens is 7. The van der Waals surface area contributed by atoms with Gasteiger partial charge in [-0.25, -0.2) is 4.98 Å². The largest absolute Gasteiger partial charge is 0.506 e. The first-order valence-electron chi connectivity index (χ1n) is 6.38. The molecule has 0 spiro atoms. The first-order valence-corrected chi connectivity index (χ1v) is 10.4. The van der Waals surface area contributed by atoms with Gasteiger partial charge in [0.05, 0.1) is 35.0 Å². The van der Waals surface area contributed by atoms with Crippen LogP contribution in [0.3, 0.4) is 0 Å². The van der Waals surface area contributed by atoms with Crippen molar-refractivity contribution in [3.63, 3.8) is 0 Å². The van der Waals surface area contributed by atoms with Gasteiger partial charge in [-0.1, -0.05) is 0 Å². The molecule has 3 aromatic rings. The van der Waals surface area contributed by atoms with Crippen LogP contribution in [0, 0.1) is 0 Å². The van der Waals surface area contributed by atoms with Crippen molar-refractivity contribution in [2.75, 3.05) is 0 Å². The molecule has 0 saturated heterocycles. The monoisotopic (exact) mass is 622 g/mol. The van der Waals surface area contributed by atoms with Gasteiger partial charge in [-0.05, 0) is 75.9 Å². The van der Waals surface area contributed by atoms with Crippen LogP contribution in [0.5, 0.6) is 5.75 Å². The lowest BCUT2D eigenvalue weighted by Crippen LogP contribution is -2.05. The van der Waals surface area contributed by atoms with E-state index in [-0.39, 0.29) is 21.5 Å². The molecule has 0 unspecified atom stereocenters. The maximum Gasteiger partial charge on any atom is 0.416 e. The van der Waals surface area contributed by atoms with E-state index >= 15 is 0 Å². The number of rotatable bonds is 2. The minimum absolute atomic E-state index is 0.00464. The highest BCUT2D eigenvalue weighted by Crippen LogP contribution is 2.44. The van der Waals surface area contributed by atoms with Crippen LogP contribution in [0.25, 0.3) is 22.0 Å². The second-order valence-corrected chi connectivity index (χ2v) is 8.92. The molecule has 25 heavy (non-hydrogen) atoms. The zero-order valence-corrected chi connectivity index (χ0v) is 18.8. The van der Waals surface area contributed by atoms with Gasteiger partial charge in [0.15, 0.2) is 0 Å². The predicted octanol–water partition coefficient (Wildman–Crippen LogP) is 7.58. The van der Waals surface area contributed by atoms with Gasteiger partial charge in [0.25, 0.3) is 0 Å². The van der Waals surface area contributed by atoms with Crippen LogP contribution in [-0.2, 0) is 6.18 Å². The third kappa shape index (κ3) is 3.71. The molecule has 0 amide bonds. The van der Waals surface area contributed by atoms with Gasteiger partial charge in [-0.2, -0.15) is 13.2 Å². The molecule has 0 saturated carbocycles. The molecule has 1 aromatic carbocycles. The molecular formula is C14H5Br4F3N2OS. The number of aromatic amines is 1. The second kappa shape index (κ2) is 6.99. The number of hydrogen-bond donors (Lipinski definition) is 2. The van der Waals surface area contributed by atoms with Crippen molar-refractivity contribution in [3.05, 3.63) is 41.1 Å². The van der Waals surface area contributed by atoms with Crippen molar-refractivity contribution in [2.45, 2.75) is 6.18 Å². The highest BCUT2D eigenvalue weighted by atomic mass is 79.9. The van der Waals surface area contributed by atoms with E-state index in [1.54, 1.807) is 5.38 Å². The van der Waals surface area contributed by atoms with Crippen molar-refractivity contribution in [1.82, 2.24) is 9.97 Å². The maximum atomic E-state index is 13.0.